The van der Waals surface area contributed by atoms with Crippen LogP contribution in [0.25, 0.3) is 0 Å². The summed E-state index contributed by atoms with van der Waals surface area (Å²) in [4.78, 5) is 7.34. The summed E-state index contributed by atoms with van der Waals surface area (Å²) in [5.41, 5.74) is 4.25. The lowest BCUT2D eigenvalue weighted by atomic mass is 10.1. The van der Waals surface area contributed by atoms with Crippen LogP contribution < -0.4 is 9.47 Å². The molecule has 3 rings (SSSR count). The van der Waals surface area contributed by atoms with E-state index in [0.29, 0.717) is 0 Å². The fourth-order valence-corrected chi connectivity index (χ4v) is 4.14. The molecule has 0 spiro atoms. The smallest absolute Gasteiger partial charge is 0.164 e. The van der Waals surface area contributed by atoms with Gasteiger partial charge in [0, 0.05) is 18.1 Å². The number of halogens is 1. The molecular formula is C26H29ClN2O2S. The summed E-state index contributed by atoms with van der Waals surface area (Å²) in [5, 5.41) is 1.69. The summed E-state index contributed by atoms with van der Waals surface area (Å²) in [6.45, 7) is 5.60. The van der Waals surface area contributed by atoms with Gasteiger partial charge in [-0.2, -0.15) is 0 Å². The van der Waals surface area contributed by atoms with Crippen molar-refractivity contribution in [1.82, 2.24) is 4.90 Å². The van der Waals surface area contributed by atoms with Crippen LogP contribution in [-0.4, -0.2) is 30.0 Å². The van der Waals surface area contributed by atoms with Gasteiger partial charge in [-0.15, -0.1) is 0 Å². The van der Waals surface area contributed by atoms with Crippen molar-refractivity contribution in [1.29, 1.82) is 0 Å². The highest BCUT2D eigenvalue weighted by atomic mass is 35.5. The Labute approximate surface area is 200 Å². The second-order valence-corrected chi connectivity index (χ2v) is 8.90. The number of hydrogen-bond acceptors (Lipinski definition) is 4. The molecule has 0 amide bonds. The molecule has 0 radical (unpaired) electrons. The number of amidine groups is 1. The number of nitrogens with zero attached hydrogens (tertiary/aromatic N) is 2. The minimum absolute atomic E-state index is 0.724. The minimum Gasteiger partial charge on any atom is -0.497 e. The summed E-state index contributed by atoms with van der Waals surface area (Å²) in [5.74, 6) is 2.61. The summed E-state index contributed by atoms with van der Waals surface area (Å²) < 4.78 is 10.6. The van der Waals surface area contributed by atoms with Crippen LogP contribution in [0.1, 0.15) is 23.6 Å². The average molecular weight is 469 g/mol. The number of hydrogen-bond donors (Lipinski definition) is 0. The minimum atomic E-state index is 0.724. The van der Waals surface area contributed by atoms with Crippen molar-refractivity contribution in [3.05, 3.63) is 88.4 Å². The lowest BCUT2D eigenvalue weighted by molar-refractivity contribution is 0.405. The third-order valence-electron chi connectivity index (χ3n) is 5.06. The summed E-state index contributed by atoms with van der Waals surface area (Å²) in [7, 11) is 3.36. The van der Waals surface area contributed by atoms with Gasteiger partial charge in [-0.3, -0.25) is 0 Å². The Morgan fingerprint density at radius 2 is 1.41 bits per heavy atom. The number of thioether (sulfide) groups is 1. The maximum atomic E-state index is 6.36. The highest BCUT2D eigenvalue weighted by Crippen LogP contribution is 2.28. The van der Waals surface area contributed by atoms with Gasteiger partial charge in [0.25, 0.3) is 0 Å². The molecular weight excluding hydrogens is 440 g/mol. The standard InChI is InChI=1S/C26H29ClN2O2S/c1-5-32-26(28-25-8-6-7-24(27)19(25)2)29(17-20-9-13-22(30-3)14-10-20)18-21-11-15-23(31-4)16-12-21/h6-16H,5,17-18H2,1-4H3. The normalized spacial score (nSPS) is 11.3. The van der Waals surface area contributed by atoms with E-state index in [0.717, 1.165) is 51.8 Å². The molecule has 0 saturated heterocycles. The molecule has 0 aliphatic carbocycles. The van der Waals surface area contributed by atoms with Crippen molar-refractivity contribution in [3.8, 4) is 11.5 Å². The molecule has 0 fully saturated rings. The van der Waals surface area contributed by atoms with Crippen LogP contribution in [0.2, 0.25) is 5.02 Å². The Balaban J connectivity index is 1.97. The number of benzene rings is 3. The Kier molecular flexibility index (Phi) is 8.89. The van der Waals surface area contributed by atoms with Gasteiger partial charge in [0.05, 0.1) is 19.9 Å². The number of methoxy groups -OCH3 is 2. The lowest BCUT2D eigenvalue weighted by Crippen LogP contribution is -2.28. The maximum Gasteiger partial charge on any atom is 0.164 e. The second kappa shape index (κ2) is 11.8. The number of aliphatic imine (C=N–C) groups is 1. The molecule has 3 aromatic rings. The van der Waals surface area contributed by atoms with Crippen molar-refractivity contribution in [2.24, 2.45) is 4.99 Å². The molecule has 168 valence electrons. The maximum absolute atomic E-state index is 6.36. The van der Waals surface area contributed by atoms with Gasteiger partial charge in [-0.25, -0.2) is 4.99 Å². The monoisotopic (exact) mass is 468 g/mol. The van der Waals surface area contributed by atoms with Crippen molar-refractivity contribution in [2.45, 2.75) is 26.9 Å². The lowest BCUT2D eigenvalue weighted by Gasteiger charge is -2.26. The molecule has 4 nitrogen and oxygen atoms in total. The van der Waals surface area contributed by atoms with E-state index in [-0.39, 0.29) is 0 Å². The Morgan fingerprint density at radius 1 is 0.875 bits per heavy atom. The Bertz CT molecular complexity index is 987. The molecule has 0 bridgehead atoms. The highest BCUT2D eigenvalue weighted by Gasteiger charge is 2.15. The third kappa shape index (κ3) is 6.44. The van der Waals surface area contributed by atoms with Crippen LogP contribution >= 0.6 is 23.4 Å². The molecule has 0 unspecified atom stereocenters. The first-order valence-electron chi connectivity index (χ1n) is 10.5. The van der Waals surface area contributed by atoms with Crippen LogP contribution in [0, 0.1) is 6.92 Å². The fourth-order valence-electron chi connectivity index (χ4n) is 3.24. The molecule has 3 aromatic carbocycles. The van der Waals surface area contributed by atoms with E-state index in [4.69, 9.17) is 26.1 Å². The van der Waals surface area contributed by atoms with Crippen LogP contribution in [0.5, 0.6) is 11.5 Å². The quantitative estimate of drug-likeness (QED) is 0.260. The van der Waals surface area contributed by atoms with Crippen molar-refractivity contribution in [3.63, 3.8) is 0 Å². The van der Waals surface area contributed by atoms with Crippen LogP contribution in [0.4, 0.5) is 5.69 Å². The zero-order chi connectivity index (χ0) is 22.9. The third-order valence-corrected chi connectivity index (χ3v) is 6.37. The number of rotatable bonds is 8. The molecule has 0 aromatic heterocycles. The van der Waals surface area contributed by atoms with Gasteiger partial charge in [-0.05, 0) is 65.8 Å². The van der Waals surface area contributed by atoms with Gasteiger partial charge >= 0.3 is 0 Å². The Morgan fingerprint density at radius 3 is 1.88 bits per heavy atom. The second-order valence-electron chi connectivity index (χ2n) is 7.26. The predicted octanol–water partition coefficient (Wildman–Crippen LogP) is 7.11. The van der Waals surface area contributed by atoms with E-state index in [1.165, 1.54) is 11.1 Å². The van der Waals surface area contributed by atoms with Crippen molar-refractivity contribution in [2.75, 3.05) is 20.0 Å². The SMILES string of the molecule is CCSC(=Nc1cccc(Cl)c1C)N(Cc1ccc(OC)cc1)Cc1ccc(OC)cc1. The molecule has 0 atom stereocenters. The van der Waals surface area contributed by atoms with Gasteiger partial charge in [0.15, 0.2) is 5.17 Å². The molecule has 0 saturated carbocycles. The average Bonchev–Trinajstić information content (AvgIpc) is 2.82. The van der Waals surface area contributed by atoms with E-state index in [1.807, 2.05) is 49.4 Å². The van der Waals surface area contributed by atoms with Crippen LogP contribution in [0.3, 0.4) is 0 Å². The topological polar surface area (TPSA) is 34.1 Å². The van der Waals surface area contributed by atoms with Gasteiger partial charge in [-0.1, -0.05) is 60.6 Å². The summed E-state index contributed by atoms with van der Waals surface area (Å²) >= 11 is 8.09. The first-order valence-corrected chi connectivity index (χ1v) is 11.9. The summed E-state index contributed by atoms with van der Waals surface area (Å²) in [6.07, 6.45) is 0. The fraction of sp³-hybridized carbons (Fsp3) is 0.269. The van der Waals surface area contributed by atoms with Crippen molar-refractivity contribution >= 4 is 34.2 Å². The van der Waals surface area contributed by atoms with Crippen LogP contribution in [-0.2, 0) is 13.1 Å². The first-order chi connectivity index (χ1) is 15.5. The first kappa shape index (κ1) is 24.0. The van der Waals surface area contributed by atoms with E-state index < -0.39 is 0 Å². The zero-order valence-electron chi connectivity index (χ0n) is 19.0. The molecule has 0 aliphatic rings. The zero-order valence-corrected chi connectivity index (χ0v) is 20.5. The van der Waals surface area contributed by atoms with Gasteiger partial charge in [0.2, 0.25) is 0 Å². The van der Waals surface area contributed by atoms with E-state index >= 15 is 0 Å². The molecule has 0 aliphatic heterocycles. The van der Waals surface area contributed by atoms with Gasteiger partial charge in [0.1, 0.15) is 11.5 Å². The number of ether oxygens (including phenoxy) is 2. The van der Waals surface area contributed by atoms with E-state index in [1.54, 1.807) is 26.0 Å². The molecule has 0 heterocycles. The predicted molar refractivity (Wildman–Crippen MR) is 137 cm³/mol. The van der Waals surface area contributed by atoms with E-state index in [2.05, 4.69) is 36.1 Å². The van der Waals surface area contributed by atoms with Crippen LogP contribution in [0.15, 0.2) is 71.7 Å². The Hall–Kier alpha value is -2.63. The highest BCUT2D eigenvalue weighted by molar-refractivity contribution is 8.13. The largest absolute Gasteiger partial charge is 0.497 e. The summed E-state index contributed by atoms with van der Waals surface area (Å²) in [6, 6.07) is 22.2. The molecule has 0 N–H and O–H groups in total. The van der Waals surface area contributed by atoms with E-state index in [9.17, 15) is 0 Å². The van der Waals surface area contributed by atoms with Crippen molar-refractivity contribution < 1.29 is 9.47 Å². The molecule has 6 heteroatoms. The van der Waals surface area contributed by atoms with Gasteiger partial charge < -0.3 is 14.4 Å². The molecule has 32 heavy (non-hydrogen) atoms.